The molecule has 1 fully saturated rings. The van der Waals surface area contributed by atoms with Gasteiger partial charge in [-0.3, -0.25) is 0 Å². The minimum atomic E-state index is -1.36. The standard InChI is InChI=1S/C7H14O6.H2O/c1-12-7-6(11)5(10)4(9)3(2-8)13-7;/h3-11H,2H2,1H3;1H2/t3-,4+,5+,6-,7?;/m1./s1. The first-order valence-corrected chi connectivity index (χ1v) is 3.95. The Kier molecular flexibility index (Phi) is 5.45. The van der Waals surface area contributed by atoms with Gasteiger partial charge in [0, 0.05) is 7.11 Å². The summed E-state index contributed by atoms with van der Waals surface area (Å²) in [5.41, 5.74) is 0. The summed E-state index contributed by atoms with van der Waals surface area (Å²) >= 11 is 0. The maximum atomic E-state index is 9.28. The van der Waals surface area contributed by atoms with Gasteiger partial charge in [-0.1, -0.05) is 0 Å². The van der Waals surface area contributed by atoms with Gasteiger partial charge in [-0.2, -0.15) is 0 Å². The lowest BCUT2D eigenvalue weighted by Gasteiger charge is -2.38. The first-order chi connectivity index (χ1) is 6.11. The van der Waals surface area contributed by atoms with Crippen molar-refractivity contribution in [1.29, 1.82) is 0 Å². The molecule has 0 aromatic heterocycles. The molecule has 1 saturated heterocycles. The summed E-state index contributed by atoms with van der Waals surface area (Å²) in [6.07, 6.45) is -5.91. The SMILES string of the molecule is COC1O[C@H](CO)[C@H](O)[C@H](O)[C@H]1O.O. The molecule has 0 aromatic carbocycles. The summed E-state index contributed by atoms with van der Waals surface area (Å²) in [6.45, 7) is -0.440. The maximum Gasteiger partial charge on any atom is 0.186 e. The Morgan fingerprint density at radius 1 is 1.14 bits per heavy atom. The van der Waals surface area contributed by atoms with Crippen LogP contribution in [0.2, 0.25) is 0 Å². The van der Waals surface area contributed by atoms with Gasteiger partial charge in [0.2, 0.25) is 0 Å². The van der Waals surface area contributed by atoms with Crippen LogP contribution in [0.25, 0.3) is 0 Å². The highest BCUT2D eigenvalue weighted by Crippen LogP contribution is 2.20. The lowest BCUT2D eigenvalue weighted by molar-refractivity contribution is -0.294. The van der Waals surface area contributed by atoms with Crippen LogP contribution in [0, 0.1) is 0 Å². The summed E-state index contributed by atoms with van der Waals surface area (Å²) in [7, 11) is 1.30. The molecule has 0 aromatic rings. The molecule has 1 unspecified atom stereocenters. The fourth-order valence-electron chi connectivity index (χ4n) is 1.26. The van der Waals surface area contributed by atoms with Crippen LogP contribution in [0.4, 0.5) is 0 Å². The quantitative estimate of drug-likeness (QED) is 0.377. The topological polar surface area (TPSA) is 131 Å². The summed E-state index contributed by atoms with van der Waals surface area (Å²) in [4.78, 5) is 0. The Bertz CT molecular complexity index is 144. The molecular formula is C7H16O7. The molecule has 0 radical (unpaired) electrons. The maximum absolute atomic E-state index is 9.28. The number of ether oxygens (including phenoxy) is 2. The fraction of sp³-hybridized carbons (Fsp3) is 1.00. The molecule has 6 N–H and O–H groups in total. The highest BCUT2D eigenvalue weighted by Gasteiger charge is 2.43. The average Bonchev–Trinajstić information content (AvgIpc) is 2.15. The van der Waals surface area contributed by atoms with Crippen LogP contribution in [0.3, 0.4) is 0 Å². The predicted molar refractivity (Wildman–Crippen MR) is 44.4 cm³/mol. The minimum Gasteiger partial charge on any atom is -0.412 e. The normalized spacial score (nSPS) is 43.1. The largest absolute Gasteiger partial charge is 0.412 e. The Morgan fingerprint density at radius 2 is 1.71 bits per heavy atom. The molecule has 1 aliphatic heterocycles. The zero-order chi connectivity index (χ0) is 10.0. The molecule has 1 rings (SSSR count). The average molecular weight is 212 g/mol. The van der Waals surface area contributed by atoms with E-state index >= 15 is 0 Å². The van der Waals surface area contributed by atoms with Gasteiger partial charge < -0.3 is 35.4 Å². The highest BCUT2D eigenvalue weighted by molar-refractivity contribution is 4.88. The van der Waals surface area contributed by atoms with Crippen LogP contribution in [-0.2, 0) is 9.47 Å². The van der Waals surface area contributed by atoms with Crippen molar-refractivity contribution in [2.24, 2.45) is 0 Å². The van der Waals surface area contributed by atoms with Gasteiger partial charge in [0.15, 0.2) is 6.29 Å². The minimum absolute atomic E-state index is 0. The molecule has 1 heterocycles. The molecule has 7 nitrogen and oxygen atoms in total. The van der Waals surface area contributed by atoms with E-state index in [1.807, 2.05) is 0 Å². The lowest BCUT2D eigenvalue weighted by Crippen LogP contribution is -2.58. The first kappa shape index (κ1) is 13.7. The van der Waals surface area contributed by atoms with Crippen molar-refractivity contribution >= 4 is 0 Å². The monoisotopic (exact) mass is 212 g/mol. The molecule has 0 bridgehead atoms. The van der Waals surface area contributed by atoms with E-state index in [9.17, 15) is 15.3 Å². The van der Waals surface area contributed by atoms with Crippen molar-refractivity contribution in [2.45, 2.75) is 30.7 Å². The predicted octanol–water partition coefficient (Wildman–Crippen LogP) is -3.39. The van der Waals surface area contributed by atoms with Crippen molar-refractivity contribution in [3.8, 4) is 0 Å². The van der Waals surface area contributed by atoms with Crippen molar-refractivity contribution < 1.29 is 35.4 Å². The Morgan fingerprint density at radius 3 is 2.14 bits per heavy atom. The molecule has 0 spiro atoms. The second-order valence-corrected chi connectivity index (χ2v) is 2.93. The van der Waals surface area contributed by atoms with E-state index in [0.717, 1.165) is 0 Å². The molecule has 0 saturated carbocycles. The van der Waals surface area contributed by atoms with E-state index < -0.39 is 37.3 Å². The van der Waals surface area contributed by atoms with Crippen LogP contribution >= 0.6 is 0 Å². The van der Waals surface area contributed by atoms with Crippen molar-refractivity contribution in [1.82, 2.24) is 0 Å². The van der Waals surface area contributed by atoms with Crippen LogP contribution in [0.1, 0.15) is 0 Å². The third-order valence-corrected chi connectivity index (χ3v) is 2.08. The summed E-state index contributed by atoms with van der Waals surface area (Å²) in [6, 6.07) is 0. The van der Waals surface area contributed by atoms with E-state index in [-0.39, 0.29) is 5.48 Å². The molecule has 14 heavy (non-hydrogen) atoms. The Labute approximate surface area is 80.8 Å². The van der Waals surface area contributed by atoms with Crippen molar-refractivity contribution in [3.63, 3.8) is 0 Å². The van der Waals surface area contributed by atoms with Crippen LogP contribution in [0.5, 0.6) is 0 Å². The van der Waals surface area contributed by atoms with Gasteiger partial charge in [0.1, 0.15) is 24.4 Å². The fourth-order valence-corrected chi connectivity index (χ4v) is 1.26. The van der Waals surface area contributed by atoms with Crippen molar-refractivity contribution in [2.75, 3.05) is 13.7 Å². The van der Waals surface area contributed by atoms with Gasteiger partial charge in [-0.15, -0.1) is 0 Å². The van der Waals surface area contributed by atoms with Crippen molar-refractivity contribution in [3.05, 3.63) is 0 Å². The summed E-state index contributed by atoms with van der Waals surface area (Å²) < 4.78 is 9.65. The van der Waals surface area contributed by atoms with Gasteiger partial charge in [0.05, 0.1) is 6.61 Å². The van der Waals surface area contributed by atoms with Gasteiger partial charge in [-0.05, 0) is 0 Å². The third-order valence-electron chi connectivity index (χ3n) is 2.08. The molecule has 0 amide bonds. The van der Waals surface area contributed by atoms with Gasteiger partial charge in [-0.25, -0.2) is 0 Å². The first-order valence-electron chi connectivity index (χ1n) is 3.95. The smallest absolute Gasteiger partial charge is 0.186 e. The number of hydrogen-bond acceptors (Lipinski definition) is 6. The number of hydrogen-bond donors (Lipinski definition) is 4. The number of aliphatic hydroxyl groups is 4. The Balaban J connectivity index is 0.00000169. The second kappa shape index (κ2) is 5.56. The van der Waals surface area contributed by atoms with E-state index in [2.05, 4.69) is 0 Å². The zero-order valence-corrected chi connectivity index (χ0v) is 7.70. The molecule has 1 aliphatic rings. The molecule has 86 valence electrons. The highest BCUT2D eigenvalue weighted by atomic mass is 16.7. The second-order valence-electron chi connectivity index (χ2n) is 2.93. The van der Waals surface area contributed by atoms with E-state index in [0.29, 0.717) is 0 Å². The van der Waals surface area contributed by atoms with E-state index in [4.69, 9.17) is 14.6 Å². The van der Waals surface area contributed by atoms with E-state index in [1.54, 1.807) is 0 Å². The lowest BCUT2D eigenvalue weighted by atomic mass is 9.99. The number of rotatable bonds is 2. The van der Waals surface area contributed by atoms with E-state index in [1.165, 1.54) is 7.11 Å². The summed E-state index contributed by atoms with van der Waals surface area (Å²) in [5, 5.41) is 36.6. The molecular weight excluding hydrogens is 196 g/mol. The third kappa shape index (κ3) is 2.39. The van der Waals surface area contributed by atoms with Crippen LogP contribution < -0.4 is 0 Å². The van der Waals surface area contributed by atoms with Gasteiger partial charge >= 0.3 is 0 Å². The zero-order valence-electron chi connectivity index (χ0n) is 7.70. The summed E-state index contributed by atoms with van der Waals surface area (Å²) in [5.74, 6) is 0. The van der Waals surface area contributed by atoms with Crippen LogP contribution in [0.15, 0.2) is 0 Å². The number of methoxy groups -OCH3 is 1. The molecule has 5 atom stereocenters. The van der Waals surface area contributed by atoms with Crippen LogP contribution in [-0.4, -0.2) is 70.3 Å². The Hall–Kier alpha value is -0.280. The number of aliphatic hydroxyl groups excluding tert-OH is 4. The van der Waals surface area contributed by atoms with Gasteiger partial charge in [0.25, 0.3) is 0 Å². The molecule has 0 aliphatic carbocycles. The molecule has 7 heteroatoms.